The summed E-state index contributed by atoms with van der Waals surface area (Å²) in [6.45, 7) is 6.32. The Morgan fingerprint density at radius 1 is 1.03 bits per heavy atom. The number of hydrogen-bond donors (Lipinski definition) is 0. The Bertz CT molecular complexity index is 1000. The third kappa shape index (κ3) is 5.14. The van der Waals surface area contributed by atoms with Gasteiger partial charge in [0, 0.05) is 4.70 Å². The molecule has 3 aromatic rings. The number of carbonyl (C=O) groups is 1. The predicted octanol–water partition coefficient (Wildman–Crippen LogP) is 6.59. The minimum atomic E-state index is -3.26. The van der Waals surface area contributed by atoms with Gasteiger partial charge in [-0.15, -0.1) is 11.3 Å². The molecule has 0 aliphatic carbocycles. The fourth-order valence-corrected chi connectivity index (χ4v) is 5.72. The fraction of sp³-hybridized carbons (Fsp3) is 0.318. The standard InChI is InChI=1S/C22H25O5PS/c1-4-26-28(24,27-5-2)16(3)18-11-12-20-19(13-18)14-21(29-20)22(23)25-15-17-9-7-6-8-10-17/h6-14,16H,4-5,15H2,1-3H3. The van der Waals surface area contributed by atoms with Gasteiger partial charge in [-0.05, 0) is 55.5 Å². The van der Waals surface area contributed by atoms with E-state index in [0.29, 0.717) is 18.1 Å². The third-order valence-corrected chi connectivity index (χ3v) is 8.11. The molecule has 154 valence electrons. The molecule has 0 amide bonds. The van der Waals surface area contributed by atoms with Gasteiger partial charge < -0.3 is 13.8 Å². The summed E-state index contributed by atoms with van der Waals surface area (Å²) in [5.41, 5.74) is 1.39. The van der Waals surface area contributed by atoms with Gasteiger partial charge in [0.25, 0.3) is 0 Å². The van der Waals surface area contributed by atoms with Gasteiger partial charge >= 0.3 is 13.6 Å². The molecular weight excluding hydrogens is 407 g/mol. The van der Waals surface area contributed by atoms with Crippen molar-refractivity contribution in [1.29, 1.82) is 0 Å². The molecule has 0 N–H and O–H groups in total. The molecule has 0 aliphatic rings. The maximum absolute atomic E-state index is 13.1. The highest BCUT2D eigenvalue weighted by molar-refractivity contribution is 7.54. The van der Waals surface area contributed by atoms with E-state index in [0.717, 1.165) is 21.2 Å². The molecule has 2 aromatic carbocycles. The van der Waals surface area contributed by atoms with Crippen molar-refractivity contribution in [2.24, 2.45) is 0 Å². The lowest BCUT2D eigenvalue weighted by molar-refractivity contribution is 0.0478. The highest BCUT2D eigenvalue weighted by atomic mass is 32.1. The number of ether oxygens (including phenoxy) is 1. The summed E-state index contributed by atoms with van der Waals surface area (Å²) in [5, 5.41) is 0.908. The molecule has 0 saturated heterocycles. The highest BCUT2D eigenvalue weighted by Crippen LogP contribution is 2.60. The number of fused-ring (bicyclic) bond motifs is 1. The van der Waals surface area contributed by atoms with Crippen molar-refractivity contribution in [3.8, 4) is 0 Å². The Morgan fingerprint density at radius 3 is 2.38 bits per heavy atom. The highest BCUT2D eigenvalue weighted by Gasteiger charge is 2.33. The van der Waals surface area contributed by atoms with Crippen LogP contribution in [0, 0.1) is 0 Å². The molecule has 0 radical (unpaired) electrons. The number of carbonyl (C=O) groups excluding carboxylic acids is 1. The van der Waals surface area contributed by atoms with Gasteiger partial charge in [-0.25, -0.2) is 4.79 Å². The minimum absolute atomic E-state index is 0.238. The first-order valence-electron chi connectivity index (χ1n) is 9.60. The maximum atomic E-state index is 13.1. The summed E-state index contributed by atoms with van der Waals surface area (Å²) >= 11 is 1.38. The summed E-state index contributed by atoms with van der Waals surface area (Å²) < 4.78 is 30.4. The number of benzene rings is 2. The van der Waals surface area contributed by atoms with Crippen molar-refractivity contribution in [3.05, 3.63) is 70.6 Å². The lowest BCUT2D eigenvalue weighted by Crippen LogP contribution is -2.03. The number of thiophene rings is 1. The molecule has 0 saturated carbocycles. The molecule has 3 rings (SSSR count). The van der Waals surface area contributed by atoms with Gasteiger partial charge in [0.1, 0.15) is 11.5 Å². The van der Waals surface area contributed by atoms with E-state index in [4.69, 9.17) is 13.8 Å². The smallest absolute Gasteiger partial charge is 0.348 e. The SMILES string of the molecule is CCOP(=O)(OCC)C(C)c1ccc2sc(C(=O)OCc3ccccc3)cc2c1. The van der Waals surface area contributed by atoms with Crippen molar-refractivity contribution in [3.63, 3.8) is 0 Å². The van der Waals surface area contributed by atoms with E-state index in [9.17, 15) is 9.36 Å². The molecule has 1 aromatic heterocycles. The van der Waals surface area contributed by atoms with E-state index >= 15 is 0 Å². The number of hydrogen-bond acceptors (Lipinski definition) is 6. The van der Waals surface area contributed by atoms with Gasteiger partial charge in [0.05, 0.1) is 18.9 Å². The van der Waals surface area contributed by atoms with Gasteiger partial charge in [-0.3, -0.25) is 4.57 Å². The number of esters is 1. The van der Waals surface area contributed by atoms with Crippen LogP contribution in [-0.4, -0.2) is 19.2 Å². The van der Waals surface area contributed by atoms with Crippen molar-refractivity contribution in [2.75, 3.05) is 13.2 Å². The number of rotatable bonds is 9. The second kappa shape index (κ2) is 9.68. The second-order valence-electron chi connectivity index (χ2n) is 6.52. The van der Waals surface area contributed by atoms with Crippen LogP contribution in [0.2, 0.25) is 0 Å². The van der Waals surface area contributed by atoms with E-state index in [1.54, 1.807) is 13.8 Å². The fourth-order valence-electron chi connectivity index (χ4n) is 3.02. The molecule has 29 heavy (non-hydrogen) atoms. The molecular formula is C22H25O5PS. The lowest BCUT2D eigenvalue weighted by atomic mass is 10.1. The van der Waals surface area contributed by atoms with Gasteiger partial charge in [-0.2, -0.15) is 0 Å². The quantitative estimate of drug-likeness (QED) is 0.282. The van der Waals surface area contributed by atoms with Crippen LogP contribution in [0.1, 0.15) is 47.2 Å². The van der Waals surface area contributed by atoms with Gasteiger partial charge in [0.2, 0.25) is 0 Å². The molecule has 1 atom stereocenters. The second-order valence-corrected chi connectivity index (χ2v) is 9.98. The van der Waals surface area contributed by atoms with Crippen LogP contribution in [0.15, 0.2) is 54.6 Å². The Balaban J connectivity index is 1.78. The van der Waals surface area contributed by atoms with Gasteiger partial charge in [0.15, 0.2) is 0 Å². The Kier molecular flexibility index (Phi) is 7.25. The van der Waals surface area contributed by atoms with Crippen LogP contribution in [0.3, 0.4) is 0 Å². The monoisotopic (exact) mass is 432 g/mol. The predicted molar refractivity (Wildman–Crippen MR) is 117 cm³/mol. The summed E-state index contributed by atoms with van der Waals surface area (Å²) in [7, 11) is -3.26. The largest absolute Gasteiger partial charge is 0.457 e. The third-order valence-electron chi connectivity index (χ3n) is 4.53. The van der Waals surface area contributed by atoms with Crippen LogP contribution in [0.4, 0.5) is 0 Å². The lowest BCUT2D eigenvalue weighted by Gasteiger charge is -2.23. The normalized spacial score (nSPS) is 12.8. The van der Waals surface area contributed by atoms with Crippen LogP contribution in [0.5, 0.6) is 0 Å². The summed E-state index contributed by atoms with van der Waals surface area (Å²) in [6, 6.07) is 17.2. The molecule has 1 heterocycles. The van der Waals surface area contributed by atoms with Crippen molar-refractivity contribution in [1.82, 2.24) is 0 Å². The molecule has 7 heteroatoms. The molecule has 0 aliphatic heterocycles. The zero-order chi connectivity index (χ0) is 20.9. The van der Waals surface area contributed by atoms with Crippen molar-refractivity contribution < 1.29 is 23.1 Å². The van der Waals surface area contributed by atoms with E-state index in [2.05, 4.69) is 0 Å². The average molecular weight is 432 g/mol. The average Bonchev–Trinajstić information content (AvgIpc) is 3.16. The molecule has 0 fully saturated rings. The Labute approximate surface area is 175 Å². The molecule has 5 nitrogen and oxygen atoms in total. The van der Waals surface area contributed by atoms with Crippen molar-refractivity contribution in [2.45, 2.75) is 33.0 Å². The van der Waals surface area contributed by atoms with Crippen molar-refractivity contribution >= 4 is 35.0 Å². The summed E-state index contributed by atoms with van der Waals surface area (Å²) in [5.74, 6) is -0.348. The summed E-state index contributed by atoms with van der Waals surface area (Å²) in [4.78, 5) is 13.0. The minimum Gasteiger partial charge on any atom is -0.457 e. The zero-order valence-electron chi connectivity index (χ0n) is 16.8. The van der Waals surface area contributed by atoms with E-state index in [1.165, 1.54) is 11.3 Å². The Hall–Kier alpha value is -1.98. The van der Waals surface area contributed by atoms with Crippen LogP contribution in [-0.2, 0) is 25.0 Å². The molecule has 0 bridgehead atoms. The van der Waals surface area contributed by atoms with E-state index in [1.807, 2.05) is 61.5 Å². The van der Waals surface area contributed by atoms with Gasteiger partial charge in [-0.1, -0.05) is 36.4 Å². The Morgan fingerprint density at radius 2 is 1.72 bits per heavy atom. The van der Waals surface area contributed by atoms with Crippen LogP contribution >= 0.6 is 18.9 Å². The summed E-state index contributed by atoms with van der Waals surface area (Å²) in [6.07, 6.45) is 0. The van der Waals surface area contributed by atoms with E-state index in [-0.39, 0.29) is 12.6 Å². The first-order chi connectivity index (χ1) is 14.0. The van der Waals surface area contributed by atoms with E-state index < -0.39 is 13.3 Å². The molecule has 0 spiro atoms. The van der Waals surface area contributed by atoms with Crippen LogP contribution < -0.4 is 0 Å². The first kappa shape index (κ1) is 21.7. The topological polar surface area (TPSA) is 61.8 Å². The van der Waals surface area contributed by atoms with Crippen LogP contribution in [0.25, 0.3) is 10.1 Å². The zero-order valence-corrected chi connectivity index (χ0v) is 18.5. The molecule has 1 unspecified atom stereocenters. The first-order valence-corrected chi connectivity index (χ1v) is 12.0. The maximum Gasteiger partial charge on any atom is 0.348 e.